The molecular formula is C9H21NO2. The Kier molecular flexibility index (Phi) is 8.88. The van der Waals surface area contributed by atoms with E-state index in [-0.39, 0.29) is 6.61 Å². The van der Waals surface area contributed by atoms with Crippen LogP contribution < -0.4 is 0 Å². The van der Waals surface area contributed by atoms with Gasteiger partial charge in [-0.3, -0.25) is 0 Å². The molecule has 0 fully saturated rings. The van der Waals surface area contributed by atoms with Gasteiger partial charge in [0.05, 0.1) is 19.8 Å². The van der Waals surface area contributed by atoms with Crippen LogP contribution >= 0.6 is 0 Å². The largest absolute Gasteiger partial charge is 0.394 e. The minimum Gasteiger partial charge on any atom is -0.394 e. The molecule has 0 bridgehead atoms. The van der Waals surface area contributed by atoms with E-state index in [2.05, 4.69) is 18.9 Å². The van der Waals surface area contributed by atoms with Gasteiger partial charge in [0.2, 0.25) is 0 Å². The highest BCUT2D eigenvalue weighted by atomic mass is 16.5. The van der Waals surface area contributed by atoms with Crippen LogP contribution in [0.4, 0.5) is 0 Å². The van der Waals surface area contributed by atoms with Crippen molar-refractivity contribution in [1.82, 2.24) is 4.90 Å². The van der Waals surface area contributed by atoms with Crippen molar-refractivity contribution in [3.63, 3.8) is 0 Å². The highest BCUT2D eigenvalue weighted by Gasteiger charge is 1.95. The molecule has 0 atom stereocenters. The molecule has 0 unspecified atom stereocenters. The molecule has 0 aliphatic rings. The van der Waals surface area contributed by atoms with Crippen molar-refractivity contribution in [2.45, 2.75) is 19.8 Å². The quantitative estimate of drug-likeness (QED) is 0.552. The van der Waals surface area contributed by atoms with Crippen molar-refractivity contribution >= 4 is 0 Å². The van der Waals surface area contributed by atoms with Gasteiger partial charge in [0.1, 0.15) is 0 Å². The Balaban J connectivity index is 3.02. The maximum atomic E-state index is 8.43. The summed E-state index contributed by atoms with van der Waals surface area (Å²) in [6, 6.07) is 0. The van der Waals surface area contributed by atoms with Crippen molar-refractivity contribution in [1.29, 1.82) is 0 Å². The first-order chi connectivity index (χ1) is 5.81. The van der Waals surface area contributed by atoms with Crippen LogP contribution in [0.25, 0.3) is 0 Å². The average Bonchev–Trinajstić information content (AvgIpc) is 2.09. The fourth-order valence-electron chi connectivity index (χ4n) is 0.927. The SMILES string of the molecule is CCCCN(C)CCOCCO. The van der Waals surface area contributed by atoms with Gasteiger partial charge in [-0.1, -0.05) is 13.3 Å². The molecular weight excluding hydrogens is 154 g/mol. The zero-order chi connectivity index (χ0) is 9.23. The first kappa shape index (κ1) is 11.9. The monoisotopic (exact) mass is 175 g/mol. The summed E-state index contributed by atoms with van der Waals surface area (Å²) in [5.74, 6) is 0. The maximum Gasteiger partial charge on any atom is 0.0698 e. The van der Waals surface area contributed by atoms with E-state index in [1.54, 1.807) is 0 Å². The molecule has 0 aliphatic carbocycles. The minimum absolute atomic E-state index is 0.124. The van der Waals surface area contributed by atoms with Gasteiger partial charge in [-0.15, -0.1) is 0 Å². The first-order valence-corrected chi connectivity index (χ1v) is 4.68. The van der Waals surface area contributed by atoms with Gasteiger partial charge in [-0.25, -0.2) is 0 Å². The van der Waals surface area contributed by atoms with Gasteiger partial charge < -0.3 is 14.7 Å². The van der Waals surface area contributed by atoms with Crippen LogP contribution in [-0.4, -0.2) is 50.0 Å². The minimum atomic E-state index is 0.124. The maximum absolute atomic E-state index is 8.43. The number of aliphatic hydroxyl groups excluding tert-OH is 1. The number of hydrogen-bond acceptors (Lipinski definition) is 3. The summed E-state index contributed by atoms with van der Waals surface area (Å²) in [6.07, 6.45) is 2.48. The Labute approximate surface area is 75.3 Å². The van der Waals surface area contributed by atoms with Crippen LogP contribution in [0.2, 0.25) is 0 Å². The van der Waals surface area contributed by atoms with Gasteiger partial charge in [0.25, 0.3) is 0 Å². The third kappa shape index (κ3) is 7.98. The Morgan fingerprint density at radius 3 is 2.58 bits per heavy atom. The molecule has 0 amide bonds. The van der Waals surface area contributed by atoms with E-state index in [0.717, 1.165) is 19.7 Å². The molecule has 12 heavy (non-hydrogen) atoms. The lowest BCUT2D eigenvalue weighted by molar-refractivity contribution is 0.0782. The molecule has 1 N–H and O–H groups in total. The second-order valence-corrected chi connectivity index (χ2v) is 2.99. The summed E-state index contributed by atoms with van der Waals surface area (Å²) in [4.78, 5) is 2.25. The normalized spacial score (nSPS) is 11.0. The van der Waals surface area contributed by atoms with E-state index in [9.17, 15) is 0 Å². The molecule has 0 heterocycles. The summed E-state index contributed by atoms with van der Waals surface area (Å²) in [7, 11) is 2.10. The first-order valence-electron chi connectivity index (χ1n) is 4.68. The Bertz CT molecular complexity index is 88.6. The lowest BCUT2D eigenvalue weighted by Crippen LogP contribution is -2.24. The van der Waals surface area contributed by atoms with Crippen molar-refractivity contribution in [3.05, 3.63) is 0 Å². The van der Waals surface area contributed by atoms with Gasteiger partial charge in [0.15, 0.2) is 0 Å². The smallest absolute Gasteiger partial charge is 0.0698 e. The predicted molar refractivity (Wildman–Crippen MR) is 50.3 cm³/mol. The summed E-state index contributed by atoms with van der Waals surface area (Å²) in [5.41, 5.74) is 0. The van der Waals surface area contributed by atoms with Gasteiger partial charge in [-0.05, 0) is 20.0 Å². The Hall–Kier alpha value is -0.120. The summed E-state index contributed by atoms with van der Waals surface area (Å²) >= 11 is 0. The lowest BCUT2D eigenvalue weighted by atomic mass is 10.3. The molecule has 0 saturated carbocycles. The Morgan fingerprint density at radius 2 is 2.00 bits per heavy atom. The van der Waals surface area contributed by atoms with Crippen molar-refractivity contribution in [2.24, 2.45) is 0 Å². The molecule has 0 saturated heterocycles. The van der Waals surface area contributed by atoms with E-state index >= 15 is 0 Å². The second-order valence-electron chi connectivity index (χ2n) is 2.99. The fraction of sp³-hybridized carbons (Fsp3) is 1.00. The van der Waals surface area contributed by atoms with Crippen LogP contribution in [0.15, 0.2) is 0 Å². The Morgan fingerprint density at radius 1 is 1.25 bits per heavy atom. The zero-order valence-corrected chi connectivity index (χ0v) is 8.25. The number of nitrogens with zero attached hydrogens (tertiary/aromatic N) is 1. The van der Waals surface area contributed by atoms with Gasteiger partial charge in [-0.2, -0.15) is 0 Å². The van der Waals surface area contributed by atoms with Crippen molar-refractivity contribution in [3.8, 4) is 0 Å². The van der Waals surface area contributed by atoms with Crippen molar-refractivity contribution in [2.75, 3.05) is 40.0 Å². The number of unbranched alkanes of at least 4 members (excludes halogenated alkanes) is 1. The van der Waals surface area contributed by atoms with E-state index in [0.29, 0.717) is 6.61 Å². The molecule has 0 aromatic heterocycles. The second kappa shape index (κ2) is 8.97. The average molecular weight is 175 g/mol. The predicted octanol–water partition coefficient (Wildman–Crippen LogP) is 0.727. The van der Waals surface area contributed by atoms with Crippen LogP contribution in [0.5, 0.6) is 0 Å². The molecule has 0 spiro atoms. The summed E-state index contributed by atoms with van der Waals surface area (Å²) < 4.78 is 5.14. The van der Waals surface area contributed by atoms with E-state index < -0.39 is 0 Å². The number of likely N-dealkylation sites (N-methyl/N-ethyl adjacent to an activating group) is 1. The molecule has 0 aromatic rings. The topological polar surface area (TPSA) is 32.7 Å². The highest BCUT2D eigenvalue weighted by Crippen LogP contribution is 1.90. The number of hydrogen-bond donors (Lipinski definition) is 1. The third-order valence-corrected chi connectivity index (χ3v) is 1.75. The summed E-state index contributed by atoms with van der Waals surface area (Å²) in [5, 5.41) is 8.43. The van der Waals surface area contributed by atoms with Crippen LogP contribution in [-0.2, 0) is 4.74 Å². The lowest BCUT2D eigenvalue weighted by Gasteiger charge is -2.15. The molecule has 0 radical (unpaired) electrons. The number of ether oxygens (including phenoxy) is 1. The number of aliphatic hydroxyl groups is 1. The summed E-state index contributed by atoms with van der Waals surface area (Å²) in [6.45, 7) is 5.59. The molecule has 3 nitrogen and oxygen atoms in total. The van der Waals surface area contributed by atoms with Crippen LogP contribution in [0.3, 0.4) is 0 Å². The standard InChI is InChI=1S/C9H21NO2/c1-3-4-5-10(2)6-8-12-9-7-11/h11H,3-9H2,1-2H3. The van der Waals surface area contributed by atoms with E-state index in [1.165, 1.54) is 12.8 Å². The molecule has 0 aromatic carbocycles. The molecule has 0 aliphatic heterocycles. The van der Waals surface area contributed by atoms with Crippen LogP contribution in [0.1, 0.15) is 19.8 Å². The van der Waals surface area contributed by atoms with Gasteiger partial charge >= 0.3 is 0 Å². The highest BCUT2D eigenvalue weighted by molar-refractivity contribution is 4.49. The fourth-order valence-corrected chi connectivity index (χ4v) is 0.927. The van der Waals surface area contributed by atoms with E-state index in [1.807, 2.05) is 0 Å². The molecule has 74 valence electrons. The van der Waals surface area contributed by atoms with Crippen LogP contribution in [0, 0.1) is 0 Å². The van der Waals surface area contributed by atoms with E-state index in [4.69, 9.17) is 9.84 Å². The molecule has 3 heteroatoms. The number of rotatable bonds is 8. The van der Waals surface area contributed by atoms with Gasteiger partial charge in [0, 0.05) is 6.54 Å². The third-order valence-electron chi connectivity index (χ3n) is 1.75. The zero-order valence-electron chi connectivity index (χ0n) is 8.25. The van der Waals surface area contributed by atoms with Crippen molar-refractivity contribution < 1.29 is 9.84 Å². The molecule has 0 rings (SSSR count).